The van der Waals surface area contributed by atoms with Crippen LogP contribution >= 0.6 is 11.3 Å². The van der Waals surface area contributed by atoms with Crippen LogP contribution in [0.4, 0.5) is 10.8 Å². The third-order valence-corrected chi connectivity index (χ3v) is 6.94. The van der Waals surface area contributed by atoms with E-state index in [4.69, 9.17) is 4.74 Å². The largest absolute Gasteiger partial charge is 0.497 e. The molecule has 0 bridgehead atoms. The number of aromatic nitrogens is 1. The number of nitrogens with zero attached hydrogens (tertiary/aromatic N) is 1. The van der Waals surface area contributed by atoms with Gasteiger partial charge in [0.05, 0.1) is 33.5 Å². The highest BCUT2D eigenvalue weighted by atomic mass is 32.2. The Labute approximate surface area is 183 Å². The molecule has 1 heterocycles. The summed E-state index contributed by atoms with van der Waals surface area (Å²) in [7, 11) is -2.39. The molecule has 3 aromatic carbocycles. The zero-order valence-electron chi connectivity index (χ0n) is 16.7. The summed E-state index contributed by atoms with van der Waals surface area (Å²) in [5, 5.41) is 3.22. The highest BCUT2D eigenvalue weighted by Gasteiger charge is 2.19. The van der Waals surface area contributed by atoms with Crippen molar-refractivity contribution < 1.29 is 17.9 Å². The molecule has 0 aliphatic heterocycles. The first-order chi connectivity index (χ1) is 14.9. The molecular formula is C22H19N3O4S2. The van der Waals surface area contributed by atoms with Crippen molar-refractivity contribution in [3.63, 3.8) is 0 Å². The monoisotopic (exact) mass is 453 g/mol. The molecule has 0 radical (unpaired) electrons. The number of para-hydroxylation sites is 2. The van der Waals surface area contributed by atoms with Crippen LogP contribution in [-0.2, 0) is 10.0 Å². The molecule has 0 unspecified atom stereocenters. The van der Waals surface area contributed by atoms with Crippen molar-refractivity contribution >= 4 is 48.3 Å². The van der Waals surface area contributed by atoms with Crippen LogP contribution in [0.2, 0.25) is 0 Å². The molecule has 7 nitrogen and oxygen atoms in total. The Hall–Kier alpha value is -3.43. The van der Waals surface area contributed by atoms with Crippen LogP contribution in [0.1, 0.15) is 15.9 Å². The third kappa shape index (κ3) is 4.37. The third-order valence-electron chi connectivity index (χ3n) is 4.63. The molecule has 0 saturated heterocycles. The van der Waals surface area contributed by atoms with Crippen molar-refractivity contribution in [2.75, 3.05) is 17.1 Å². The second-order valence-electron chi connectivity index (χ2n) is 6.72. The number of aryl methyl sites for hydroxylation is 1. The number of methoxy groups -OCH3 is 1. The summed E-state index contributed by atoms with van der Waals surface area (Å²) in [5.74, 6) is 0.0922. The van der Waals surface area contributed by atoms with Gasteiger partial charge in [-0.3, -0.25) is 14.8 Å². The quantitative estimate of drug-likeness (QED) is 0.442. The number of nitrogens with one attached hydrogen (secondary N) is 2. The Morgan fingerprint density at radius 1 is 1.00 bits per heavy atom. The molecule has 0 fully saturated rings. The van der Waals surface area contributed by atoms with E-state index in [-0.39, 0.29) is 16.1 Å². The molecule has 0 saturated carbocycles. The summed E-state index contributed by atoms with van der Waals surface area (Å²) in [6, 6.07) is 18.2. The van der Waals surface area contributed by atoms with E-state index >= 15 is 0 Å². The predicted molar refractivity (Wildman–Crippen MR) is 123 cm³/mol. The number of rotatable bonds is 6. The predicted octanol–water partition coefficient (Wildman–Crippen LogP) is 4.67. The lowest BCUT2D eigenvalue weighted by Crippen LogP contribution is -2.18. The van der Waals surface area contributed by atoms with Gasteiger partial charge in [0.2, 0.25) is 0 Å². The molecule has 1 amide bonds. The summed E-state index contributed by atoms with van der Waals surface area (Å²) in [4.78, 5) is 17.4. The van der Waals surface area contributed by atoms with Gasteiger partial charge in [-0.1, -0.05) is 35.6 Å². The molecular weight excluding hydrogens is 434 g/mol. The minimum Gasteiger partial charge on any atom is -0.497 e. The number of hydrogen-bond acceptors (Lipinski definition) is 6. The number of hydrogen-bond donors (Lipinski definition) is 2. The number of carbonyl (C=O) groups excluding carboxylic acids is 1. The summed E-state index contributed by atoms with van der Waals surface area (Å²) in [6.07, 6.45) is 0. The van der Waals surface area contributed by atoms with Gasteiger partial charge in [-0.25, -0.2) is 13.4 Å². The maximum Gasteiger partial charge on any atom is 0.261 e. The molecule has 1 aromatic heterocycles. The van der Waals surface area contributed by atoms with Crippen LogP contribution in [0.3, 0.4) is 0 Å². The molecule has 0 atom stereocenters. The average Bonchev–Trinajstić information content (AvgIpc) is 3.17. The van der Waals surface area contributed by atoms with Crippen molar-refractivity contribution in [3.8, 4) is 5.75 Å². The fourth-order valence-electron chi connectivity index (χ4n) is 3.03. The first kappa shape index (κ1) is 20.8. The second kappa shape index (κ2) is 8.37. The number of benzene rings is 3. The fourth-order valence-corrected chi connectivity index (χ4v) is 5.05. The highest BCUT2D eigenvalue weighted by Crippen LogP contribution is 2.29. The van der Waals surface area contributed by atoms with Gasteiger partial charge in [0.15, 0.2) is 5.13 Å². The molecule has 4 aromatic rings. The summed E-state index contributed by atoms with van der Waals surface area (Å²) in [6.45, 7) is 1.96. The lowest BCUT2D eigenvalue weighted by molar-refractivity contribution is 0.102. The van der Waals surface area contributed by atoms with Gasteiger partial charge < -0.3 is 4.74 Å². The number of sulfonamides is 1. The topological polar surface area (TPSA) is 97.4 Å². The zero-order chi connectivity index (χ0) is 22.0. The van der Waals surface area contributed by atoms with Gasteiger partial charge >= 0.3 is 0 Å². The number of anilines is 2. The van der Waals surface area contributed by atoms with Gasteiger partial charge in [0.1, 0.15) is 5.75 Å². The Balaban J connectivity index is 1.59. The summed E-state index contributed by atoms with van der Waals surface area (Å²) in [5.41, 5.74) is 2.21. The van der Waals surface area contributed by atoms with Crippen LogP contribution in [0.25, 0.3) is 10.2 Å². The standard InChI is InChI=1S/C22H19N3O4S2/c1-14-6-5-9-19-20(14)23-22(30-19)24-21(26)17-7-3-4-8-18(17)25-31(27,28)16-12-10-15(29-2)11-13-16/h3-13,25H,1-2H3,(H,23,24,26). The first-order valence-electron chi connectivity index (χ1n) is 9.31. The Morgan fingerprint density at radius 2 is 1.74 bits per heavy atom. The van der Waals surface area contributed by atoms with Crippen LogP contribution in [0.5, 0.6) is 5.75 Å². The molecule has 4 rings (SSSR count). The molecule has 0 spiro atoms. The van der Waals surface area contributed by atoms with Crippen molar-refractivity contribution in [3.05, 3.63) is 77.9 Å². The van der Waals surface area contributed by atoms with Gasteiger partial charge in [-0.05, 0) is 55.0 Å². The van der Waals surface area contributed by atoms with Gasteiger partial charge in [-0.15, -0.1) is 0 Å². The smallest absolute Gasteiger partial charge is 0.261 e. The van der Waals surface area contributed by atoms with Gasteiger partial charge in [-0.2, -0.15) is 0 Å². The van der Waals surface area contributed by atoms with E-state index in [0.717, 1.165) is 15.8 Å². The van der Waals surface area contributed by atoms with Crippen LogP contribution in [0.15, 0.2) is 71.6 Å². The SMILES string of the molecule is COc1ccc(S(=O)(=O)Nc2ccccc2C(=O)Nc2nc3c(C)cccc3s2)cc1. The number of amides is 1. The van der Waals surface area contributed by atoms with Crippen molar-refractivity contribution in [2.45, 2.75) is 11.8 Å². The van der Waals surface area contributed by atoms with Crippen molar-refractivity contribution in [1.82, 2.24) is 4.98 Å². The number of thiazole rings is 1. The maximum absolute atomic E-state index is 12.9. The molecule has 0 aliphatic carbocycles. The molecule has 31 heavy (non-hydrogen) atoms. The van der Waals surface area contributed by atoms with Crippen LogP contribution < -0.4 is 14.8 Å². The fraction of sp³-hybridized carbons (Fsp3) is 0.0909. The van der Waals surface area contributed by atoms with E-state index in [0.29, 0.717) is 10.9 Å². The normalized spacial score (nSPS) is 11.3. The number of fused-ring (bicyclic) bond motifs is 1. The average molecular weight is 454 g/mol. The van der Waals surface area contributed by atoms with Crippen LogP contribution in [0, 0.1) is 6.92 Å². The Kier molecular flexibility index (Phi) is 5.62. The summed E-state index contributed by atoms with van der Waals surface area (Å²) < 4.78 is 34.1. The molecule has 158 valence electrons. The number of carbonyl (C=O) groups is 1. The van der Waals surface area contributed by atoms with E-state index in [1.807, 2.05) is 25.1 Å². The van der Waals surface area contributed by atoms with E-state index in [2.05, 4.69) is 15.0 Å². The highest BCUT2D eigenvalue weighted by molar-refractivity contribution is 7.92. The maximum atomic E-state index is 12.9. The molecule has 9 heteroatoms. The minimum absolute atomic E-state index is 0.0603. The lowest BCUT2D eigenvalue weighted by Gasteiger charge is -2.12. The first-order valence-corrected chi connectivity index (χ1v) is 11.6. The molecule has 0 aliphatic rings. The van der Waals surface area contributed by atoms with E-state index in [1.165, 1.54) is 30.6 Å². The van der Waals surface area contributed by atoms with Crippen molar-refractivity contribution in [2.24, 2.45) is 0 Å². The van der Waals surface area contributed by atoms with E-state index in [9.17, 15) is 13.2 Å². The van der Waals surface area contributed by atoms with E-state index in [1.54, 1.807) is 36.4 Å². The lowest BCUT2D eigenvalue weighted by atomic mass is 10.2. The summed E-state index contributed by atoms with van der Waals surface area (Å²) >= 11 is 1.36. The second-order valence-corrected chi connectivity index (χ2v) is 9.43. The van der Waals surface area contributed by atoms with Crippen molar-refractivity contribution in [1.29, 1.82) is 0 Å². The zero-order valence-corrected chi connectivity index (χ0v) is 18.4. The van der Waals surface area contributed by atoms with E-state index < -0.39 is 15.9 Å². The van der Waals surface area contributed by atoms with Crippen LogP contribution in [-0.4, -0.2) is 26.4 Å². The number of ether oxygens (including phenoxy) is 1. The molecule has 2 N–H and O–H groups in total. The Bertz CT molecular complexity index is 1360. The van der Waals surface area contributed by atoms with Gasteiger partial charge in [0.25, 0.3) is 15.9 Å². The van der Waals surface area contributed by atoms with Gasteiger partial charge in [0, 0.05) is 0 Å². The minimum atomic E-state index is -3.89. The Morgan fingerprint density at radius 3 is 2.45 bits per heavy atom.